The molecule has 1 saturated heterocycles. The number of hydrogen-bond donors (Lipinski definition) is 1. The number of rotatable bonds is 12. The maximum absolute atomic E-state index is 14.9. The molecule has 1 aliphatic heterocycles. The number of amides is 1. The van der Waals surface area contributed by atoms with E-state index < -0.39 is 64.9 Å². The van der Waals surface area contributed by atoms with Crippen LogP contribution in [0.2, 0.25) is 0 Å². The van der Waals surface area contributed by atoms with Gasteiger partial charge in [0.2, 0.25) is 5.88 Å². The minimum absolute atomic E-state index is 0.0283. The van der Waals surface area contributed by atoms with E-state index in [0.29, 0.717) is 4.47 Å². The van der Waals surface area contributed by atoms with Crippen LogP contribution in [0.5, 0.6) is 11.6 Å². The quantitative estimate of drug-likeness (QED) is 0.198. The highest BCUT2D eigenvalue weighted by Gasteiger charge is 2.38. The lowest BCUT2D eigenvalue weighted by Gasteiger charge is -2.32. The Kier molecular flexibility index (Phi) is 11.5. The molecule has 3 aromatic rings. The number of aromatic carboxylic acids is 1. The Labute approximate surface area is 274 Å². The summed E-state index contributed by atoms with van der Waals surface area (Å²) in [6.45, 7) is -0.828. The van der Waals surface area contributed by atoms with Crippen LogP contribution in [0.25, 0.3) is 0 Å². The second-order valence-corrected chi connectivity index (χ2v) is 11.7. The summed E-state index contributed by atoms with van der Waals surface area (Å²) in [6.07, 6.45) is -4.01. The van der Waals surface area contributed by atoms with Crippen molar-refractivity contribution in [2.24, 2.45) is 0 Å². The van der Waals surface area contributed by atoms with Crippen molar-refractivity contribution < 1.29 is 55.2 Å². The van der Waals surface area contributed by atoms with Crippen LogP contribution in [-0.2, 0) is 22.2 Å². The fraction of sp³-hybridized carbons (Fsp3) is 0.387. The highest BCUT2D eigenvalue weighted by Crippen LogP contribution is 2.39. The first-order valence-corrected chi connectivity index (χ1v) is 14.9. The summed E-state index contributed by atoms with van der Waals surface area (Å²) in [5.41, 5.74) is -2.48. The van der Waals surface area contributed by atoms with Crippen LogP contribution in [0.1, 0.15) is 44.7 Å². The van der Waals surface area contributed by atoms with E-state index in [4.69, 9.17) is 14.2 Å². The fourth-order valence-corrected chi connectivity index (χ4v) is 5.56. The minimum Gasteiger partial charge on any atom is -0.478 e. The van der Waals surface area contributed by atoms with Gasteiger partial charge in [0.15, 0.2) is 0 Å². The lowest BCUT2D eigenvalue weighted by atomic mass is 10.1. The first kappa shape index (κ1) is 36.1. The zero-order chi connectivity index (χ0) is 34.5. The van der Waals surface area contributed by atoms with Gasteiger partial charge in [-0.25, -0.2) is 22.9 Å². The molecule has 16 heteroatoms. The zero-order valence-corrected chi connectivity index (χ0v) is 26.7. The molecule has 0 spiro atoms. The number of carboxylic acid groups (broad SMARTS) is 1. The smallest absolute Gasteiger partial charge is 0.421 e. The summed E-state index contributed by atoms with van der Waals surface area (Å²) in [6, 6.07) is 6.62. The fourth-order valence-electron chi connectivity index (χ4n) is 5.22. The van der Waals surface area contributed by atoms with Crippen LogP contribution in [-0.4, -0.2) is 79.4 Å². The van der Waals surface area contributed by atoms with Crippen molar-refractivity contribution >= 4 is 33.5 Å². The molecule has 9 nitrogen and oxygen atoms in total. The molecule has 1 N–H and O–H groups in total. The van der Waals surface area contributed by atoms with Gasteiger partial charge >= 0.3 is 12.1 Å². The number of benzene rings is 2. The van der Waals surface area contributed by atoms with E-state index in [2.05, 4.69) is 20.9 Å². The molecule has 47 heavy (non-hydrogen) atoms. The number of carbonyl (C=O) groups excluding carboxylic acids is 1. The highest BCUT2D eigenvalue weighted by atomic mass is 79.9. The molecule has 1 aromatic heterocycles. The predicted molar refractivity (Wildman–Crippen MR) is 161 cm³/mol. The first-order chi connectivity index (χ1) is 22.1. The Morgan fingerprint density at radius 2 is 1.79 bits per heavy atom. The molecule has 2 heterocycles. The molecule has 254 valence electrons. The van der Waals surface area contributed by atoms with E-state index in [9.17, 15) is 41.0 Å². The minimum atomic E-state index is -4.97. The molecule has 1 amide bonds. The third kappa shape index (κ3) is 9.00. The van der Waals surface area contributed by atoms with E-state index in [-0.39, 0.29) is 56.1 Å². The van der Waals surface area contributed by atoms with Gasteiger partial charge in [-0.3, -0.25) is 14.6 Å². The van der Waals surface area contributed by atoms with Gasteiger partial charge in [-0.1, -0.05) is 15.9 Å². The number of aromatic nitrogens is 1. The lowest BCUT2D eigenvalue weighted by Crippen LogP contribution is -2.46. The average Bonchev–Trinajstić information content (AvgIpc) is 2.97. The molecule has 2 aromatic carbocycles. The van der Waals surface area contributed by atoms with Gasteiger partial charge in [0.1, 0.15) is 17.1 Å². The van der Waals surface area contributed by atoms with Gasteiger partial charge in [0, 0.05) is 37.9 Å². The van der Waals surface area contributed by atoms with Crippen LogP contribution in [0.3, 0.4) is 0 Å². The maximum Gasteiger partial charge on any atom is 0.421 e. The number of carboxylic acids is 1. The number of hydrogen-bond acceptors (Lipinski definition) is 7. The normalized spacial score (nSPS) is 15.1. The van der Waals surface area contributed by atoms with Crippen LogP contribution in [0.4, 0.5) is 32.0 Å². The number of piperidine rings is 1. The zero-order valence-electron chi connectivity index (χ0n) is 25.1. The van der Waals surface area contributed by atoms with Crippen molar-refractivity contribution in [3.63, 3.8) is 0 Å². The Balaban J connectivity index is 1.72. The van der Waals surface area contributed by atoms with Crippen molar-refractivity contribution in [3.8, 4) is 11.6 Å². The number of nitrogens with zero attached hydrogens (tertiary/aromatic N) is 3. The Morgan fingerprint density at radius 3 is 2.38 bits per heavy atom. The number of likely N-dealkylation sites (tertiary alicyclic amines) is 1. The molecular formula is C31H30BrF6N3O6. The number of carbonyl (C=O) groups is 2. The molecule has 0 radical (unpaired) electrons. The maximum atomic E-state index is 14.9. The summed E-state index contributed by atoms with van der Waals surface area (Å²) in [5.74, 6) is -7.64. The molecule has 0 aliphatic carbocycles. The number of pyridine rings is 1. The van der Waals surface area contributed by atoms with Crippen LogP contribution in [0, 0.1) is 5.82 Å². The monoisotopic (exact) mass is 733 g/mol. The van der Waals surface area contributed by atoms with Gasteiger partial charge in [-0.15, -0.1) is 0 Å². The predicted octanol–water partition coefficient (Wildman–Crippen LogP) is 7.03. The SMILES string of the molecule is COCC(COC)N(C(=O)c1ccc(Br)cc1F)c1ccc(Oc2ncc(CN3CCCC(F)(F)C3)cc2C(F)(F)F)cc1C(=O)O. The number of ether oxygens (including phenoxy) is 3. The van der Waals surface area contributed by atoms with Gasteiger partial charge < -0.3 is 19.3 Å². The van der Waals surface area contributed by atoms with Crippen molar-refractivity contribution in [2.75, 3.05) is 45.4 Å². The third-order valence-corrected chi connectivity index (χ3v) is 7.72. The first-order valence-electron chi connectivity index (χ1n) is 14.1. The second kappa shape index (κ2) is 15.0. The molecule has 0 atom stereocenters. The second-order valence-electron chi connectivity index (χ2n) is 10.8. The van der Waals surface area contributed by atoms with E-state index >= 15 is 0 Å². The average molecular weight is 734 g/mol. The molecule has 0 unspecified atom stereocenters. The van der Waals surface area contributed by atoms with Crippen molar-refractivity contribution in [3.05, 3.63) is 81.2 Å². The standard InChI is InChI=1S/C31H30BrF6N3O6/c1-45-15-20(16-46-2)41(28(42)22-6-4-19(32)11-25(22)33)26-7-5-21(12-23(26)29(43)44)47-27-24(31(36,37)38)10-18(13-39-27)14-40-9-3-8-30(34,35)17-40/h4-7,10-13,20H,3,8-9,14-17H2,1-2H3,(H,43,44). The van der Waals surface area contributed by atoms with Gasteiger partial charge in [0.25, 0.3) is 11.8 Å². The molecule has 0 bridgehead atoms. The summed E-state index contributed by atoms with van der Waals surface area (Å²) in [5, 5.41) is 10.1. The summed E-state index contributed by atoms with van der Waals surface area (Å²) >= 11 is 3.12. The Morgan fingerprint density at radius 1 is 1.09 bits per heavy atom. The molecular weight excluding hydrogens is 704 g/mol. The Hall–Kier alpha value is -3.73. The molecule has 4 rings (SSSR count). The number of anilines is 1. The van der Waals surface area contributed by atoms with E-state index in [1.807, 2.05) is 0 Å². The highest BCUT2D eigenvalue weighted by molar-refractivity contribution is 9.10. The lowest BCUT2D eigenvalue weighted by molar-refractivity contribution is -0.139. The molecule has 1 fully saturated rings. The van der Waals surface area contributed by atoms with Crippen molar-refractivity contribution in [2.45, 2.75) is 37.5 Å². The Bertz CT molecular complexity index is 1600. The molecule has 0 saturated carbocycles. The van der Waals surface area contributed by atoms with Crippen molar-refractivity contribution in [1.29, 1.82) is 0 Å². The van der Waals surface area contributed by atoms with Gasteiger partial charge in [-0.05, 0) is 61.0 Å². The van der Waals surface area contributed by atoms with E-state index in [1.54, 1.807) is 0 Å². The van der Waals surface area contributed by atoms with Crippen LogP contribution >= 0.6 is 15.9 Å². The van der Waals surface area contributed by atoms with Crippen LogP contribution in [0.15, 0.2) is 53.1 Å². The number of alkyl halides is 5. The van der Waals surface area contributed by atoms with Crippen molar-refractivity contribution in [1.82, 2.24) is 9.88 Å². The molecule has 1 aliphatic rings. The van der Waals surface area contributed by atoms with Gasteiger partial charge in [0.05, 0.1) is 42.6 Å². The van der Waals surface area contributed by atoms with Crippen LogP contribution < -0.4 is 9.64 Å². The largest absolute Gasteiger partial charge is 0.478 e. The van der Waals surface area contributed by atoms with Gasteiger partial charge in [-0.2, -0.15) is 13.2 Å². The number of halogens is 7. The summed E-state index contributed by atoms with van der Waals surface area (Å²) < 4.78 is 101. The summed E-state index contributed by atoms with van der Waals surface area (Å²) in [4.78, 5) is 32.3. The topological polar surface area (TPSA) is 101 Å². The van der Waals surface area contributed by atoms with E-state index in [1.165, 1.54) is 31.3 Å². The summed E-state index contributed by atoms with van der Waals surface area (Å²) in [7, 11) is 2.66. The van der Waals surface area contributed by atoms with E-state index in [0.717, 1.165) is 41.4 Å². The number of methoxy groups -OCH3 is 2. The third-order valence-electron chi connectivity index (χ3n) is 7.23.